The normalized spacial score (nSPS) is 11.8. The zero-order valence-electron chi connectivity index (χ0n) is 11.9. The zero-order chi connectivity index (χ0) is 17.0. The van der Waals surface area contributed by atoms with E-state index in [0.717, 1.165) is 5.56 Å². The minimum atomic E-state index is -0.757. The number of amides is 1. The molecular formula is C16H14Cl3N3O. The summed E-state index contributed by atoms with van der Waals surface area (Å²) in [6.07, 6.45) is 0.121. The van der Waals surface area contributed by atoms with E-state index in [9.17, 15) is 4.79 Å². The molecule has 0 spiro atoms. The Kier molecular flexibility index (Phi) is 5.88. The van der Waals surface area contributed by atoms with Crippen LogP contribution in [0.25, 0.3) is 0 Å². The Labute approximate surface area is 149 Å². The van der Waals surface area contributed by atoms with Crippen LogP contribution in [0.2, 0.25) is 15.1 Å². The Hall–Kier alpha value is -1.75. The average Bonchev–Trinajstić information content (AvgIpc) is 2.49. The van der Waals surface area contributed by atoms with Crippen LogP contribution in [-0.2, 0) is 4.79 Å². The molecule has 7 heteroatoms. The van der Waals surface area contributed by atoms with Crippen molar-refractivity contribution in [3.63, 3.8) is 0 Å². The highest BCUT2D eigenvalue weighted by Gasteiger charge is 2.18. The zero-order valence-corrected chi connectivity index (χ0v) is 14.2. The predicted molar refractivity (Wildman–Crippen MR) is 95.8 cm³/mol. The molecule has 0 aliphatic rings. The SMILES string of the molecule is N=C(CC(Nc1ccc(Cl)cc1Cl)c1ccc(Cl)cc1)C(N)=O. The fraction of sp³-hybridized carbons (Fsp3) is 0.125. The number of hydrogen-bond acceptors (Lipinski definition) is 3. The van der Waals surface area contributed by atoms with Crippen molar-refractivity contribution in [3.05, 3.63) is 63.1 Å². The van der Waals surface area contributed by atoms with Crippen LogP contribution in [0.1, 0.15) is 18.0 Å². The van der Waals surface area contributed by atoms with Crippen molar-refractivity contribution < 1.29 is 4.79 Å². The molecule has 0 heterocycles. The molecule has 0 bridgehead atoms. The molecule has 1 atom stereocenters. The van der Waals surface area contributed by atoms with Gasteiger partial charge in [-0.25, -0.2) is 0 Å². The van der Waals surface area contributed by atoms with Crippen molar-refractivity contribution >= 4 is 52.1 Å². The molecule has 0 aromatic heterocycles. The van der Waals surface area contributed by atoms with Crippen LogP contribution in [0.3, 0.4) is 0 Å². The first-order chi connectivity index (χ1) is 10.9. The second-order valence-electron chi connectivity index (χ2n) is 4.92. The second kappa shape index (κ2) is 7.68. The van der Waals surface area contributed by atoms with E-state index in [4.69, 9.17) is 45.9 Å². The van der Waals surface area contributed by atoms with Gasteiger partial charge in [-0.05, 0) is 35.9 Å². The topological polar surface area (TPSA) is 79.0 Å². The van der Waals surface area contributed by atoms with Gasteiger partial charge in [0.25, 0.3) is 5.91 Å². The third-order valence-electron chi connectivity index (χ3n) is 3.24. The average molecular weight is 371 g/mol. The van der Waals surface area contributed by atoms with E-state index in [1.165, 1.54) is 0 Å². The molecule has 2 aromatic rings. The summed E-state index contributed by atoms with van der Waals surface area (Å²) in [6.45, 7) is 0. The third-order valence-corrected chi connectivity index (χ3v) is 4.04. The lowest BCUT2D eigenvalue weighted by molar-refractivity contribution is -0.112. The van der Waals surface area contributed by atoms with E-state index >= 15 is 0 Å². The smallest absolute Gasteiger partial charge is 0.262 e. The summed E-state index contributed by atoms with van der Waals surface area (Å²) in [5, 5.41) is 12.5. The van der Waals surface area contributed by atoms with Gasteiger partial charge < -0.3 is 11.1 Å². The first-order valence-corrected chi connectivity index (χ1v) is 7.84. The van der Waals surface area contributed by atoms with Gasteiger partial charge in [0.2, 0.25) is 0 Å². The van der Waals surface area contributed by atoms with Crippen molar-refractivity contribution in [1.29, 1.82) is 5.41 Å². The Bertz CT molecular complexity index is 732. The predicted octanol–water partition coefficient (Wildman–Crippen LogP) is 4.70. The van der Waals surface area contributed by atoms with E-state index in [0.29, 0.717) is 20.8 Å². The summed E-state index contributed by atoms with van der Waals surface area (Å²) in [6, 6.07) is 11.8. The molecule has 0 saturated carbocycles. The van der Waals surface area contributed by atoms with Crippen molar-refractivity contribution in [2.24, 2.45) is 5.73 Å². The van der Waals surface area contributed by atoms with Crippen LogP contribution in [0, 0.1) is 5.41 Å². The molecule has 0 fully saturated rings. The van der Waals surface area contributed by atoms with Gasteiger partial charge in [-0.2, -0.15) is 0 Å². The highest BCUT2D eigenvalue weighted by atomic mass is 35.5. The van der Waals surface area contributed by atoms with Crippen LogP contribution < -0.4 is 11.1 Å². The lowest BCUT2D eigenvalue weighted by Crippen LogP contribution is -2.26. The molecule has 0 aliphatic heterocycles. The van der Waals surface area contributed by atoms with Crippen LogP contribution >= 0.6 is 34.8 Å². The molecule has 120 valence electrons. The van der Waals surface area contributed by atoms with E-state index in [1.54, 1.807) is 30.3 Å². The van der Waals surface area contributed by atoms with Gasteiger partial charge >= 0.3 is 0 Å². The van der Waals surface area contributed by atoms with Crippen molar-refractivity contribution in [1.82, 2.24) is 0 Å². The van der Waals surface area contributed by atoms with E-state index in [2.05, 4.69) is 5.32 Å². The Morgan fingerprint density at radius 3 is 2.26 bits per heavy atom. The number of halogens is 3. The van der Waals surface area contributed by atoms with Crippen molar-refractivity contribution in [2.45, 2.75) is 12.5 Å². The molecule has 2 rings (SSSR count). The molecule has 4 nitrogen and oxygen atoms in total. The molecular weight excluding hydrogens is 357 g/mol. The molecule has 23 heavy (non-hydrogen) atoms. The molecule has 1 unspecified atom stereocenters. The second-order valence-corrected chi connectivity index (χ2v) is 6.20. The maximum atomic E-state index is 11.2. The van der Waals surface area contributed by atoms with Gasteiger partial charge in [0.15, 0.2) is 0 Å². The van der Waals surface area contributed by atoms with E-state index in [1.807, 2.05) is 12.1 Å². The molecule has 0 radical (unpaired) electrons. The maximum absolute atomic E-state index is 11.2. The lowest BCUT2D eigenvalue weighted by Gasteiger charge is -2.21. The summed E-state index contributed by atoms with van der Waals surface area (Å²) >= 11 is 18.0. The fourth-order valence-electron chi connectivity index (χ4n) is 2.05. The Morgan fingerprint density at radius 1 is 1.09 bits per heavy atom. The maximum Gasteiger partial charge on any atom is 0.262 e. The number of nitrogens with one attached hydrogen (secondary N) is 2. The number of primary amides is 1. The number of carbonyl (C=O) groups excluding carboxylic acids is 1. The number of carbonyl (C=O) groups is 1. The Morgan fingerprint density at radius 2 is 1.70 bits per heavy atom. The van der Waals surface area contributed by atoms with Gasteiger partial charge in [0.05, 0.1) is 22.5 Å². The van der Waals surface area contributed by atoms with Gasteiger partial charge in [-0.15, -0.1) is 0 Å². The monoisotopic (exact) mass is 369 g/mol. The number of hydrogen-bond donors (Lipinski definition) is 3. The first-order valence-electron chi connectivity index (χ1n) is 6.71. The minimum Gasteiger partial charge on any atom is -0.377 e. The molecule has 2 aromatic carbocycles. The minimum absolute atomic E-state index is 0.121. The molecule has 4 N–H and O–H groups in total. The van der Waals surface area contributed by atoms with Gasteiger partial charge in [0.1, 0.15) is 0 Å². The van der Waals surface area contributed by atoms with Crippen molar-refractivity contribution in [2.75, 3.05) is 5.32 Å². The largest absolute Gasteiger partial charge is 0.377 e. The van der Waals surface area contributed by atoms with Gasteiger partial charge in [-0.1, -0.05) is 46.9 Å². The number of benzene rings is 2. The number of rotatable bonds is 6. The standard InChI is InChI=1S/C16H14Cl3N3O/c17-10-3-1-9(2-4-10)15(8-13(20)16(21)23)22-14-6-5-11(18)7-12(14)19/h1-7,15,20,22H,8H2,(H2,21,23). The van der Waals surface area contributed by atoms with E-state index in [-0.39, 0.29) is 18.2 Å². The van der Waals surface area contributed by atoms with Crippen LogP contribution in [0.4, 0.5) is 5.69 Å². The van der Waals surface area contributed by atoms with Crippen LogP contribution in [0.5, 0.6) is 0 Å². The van der Waals surface area contributed by atoms with Gasteiger partial charge in [0, 0.05) is 16.5 Å². The first kappa shape index (κ1) is 17.6. The lowest BCUT2D eigenvalue weighted by atomic mass is 10.00. The molecule has 1 amide bonds. The highest BCUT2D eigenvalue weighted by molar-refractivity contribution is 6.37. The summed E-state index contributed by atoms with van der Waals surface area (Å²) in [7, 11) is 0. The molecule has 0 saturated heterocycles. The summed E-state index contributed by atoms with van der Waals surface area (Å²) in [5.74, 6) is -0.757. The summed E-state index contributed by atoms with van der Waals surface area (Å²) < 4.78 is 0. The van der Waals surface area contributed by atoms with Gasteiger partial charge in [-0.3, -0.25) is 10.2 Å². The quantitative estimate of drug-likeness (QED) is 0.645. The summed E-state index contributed by atoms with van der Waals surface area (Å²) in [4.78, 5) is 11.2. The third kappa shape index (κ3) is 4.86. The number of nitrogens with two attached hydrogens (primary N) is 1. The summed E-state index contributed by atoms with van der Waals surface area (Å²) in [5.41, 5.74) is 6.50. The fourth-order valence-corrected chi connectivity index (χ4v) is 2.64. The van der Waals surface area contributed by atoms with Crippen LogP contribution in [-0.4, -0.2) is 11.6 Å². The van der Waals surface area contributed by atoms with Crippen molar-refractivity contribution in [3.8, 4) is 0 Å². The Balaban J connectivity index is 2.30. The van der Waals surface area contributed by atoms with E-state index < -0.39 is 5.91 Å². The molecule has 0 aliphatic carbocycles. The number of anilines is 1. The van der Waals surface area contributed by atoms with Crippen LogP contribution in [0.15, 0.2) is 42.5 Å². The highest BCUT2D eigenvalue weighted by Crippen LogP contribution is 2.30.